The molecule has 1 unspecified atom stereocenters. The number of nitriles is 1. The highest BCUT2D eigenvalue weighted by Crippen LogP contribution is 2.27. The average Bonchev–Trinajstić information content (AvgIpc) is 2.87. The van der Waals surface area contributed by atoms with Crippen LogP contribution in [0.5, 0.6) is 0 Å². The summed E-state index contributed by atoms with van der Waals surface area (Å²) < 4.78 is 5.35. The number of hydrogen-bond acceptors (Lipinski definition) is 4. The molecule has 1 aromatic heterocycles. The third-order valence-corrected chi connectivity index (χ3v) is 3.36. The van der Waals surface area contributed by atoms with Crippen LogP contribution in [0.25, 0.3) is 0 Å². The molecule has 0 aliphatic carbocycles. The number of hydrogen-bond donors (Lipinski definition) is 1. The number of aromatic nitrogens is 1. The lowest BCUT2D eigenvalue weighted by atomic mass is 9.99. The summed E-state index contributed by atoms with van der Waals surface area (Å²) in [6.07, 6.45) is 2.08. The molecule has 6 heteroatoms. The van der Waals surface area contributed by atoms with Crippen LogP contribution in [0.1, 0.15) is 44.2 Å². The van der Waals surface area contributed by atoms with Gasteiger partial charge in [-0.15, -0.1) is 0 Å². The van der Waals surface area contributed by atoms with E-state index in [1.54, 1.807) is 17.2 Å². The van der Waals surface area contributed by atoms with Crippen molar-refractivity contribution >= 4 is 6.09 Å². The van der Waals surface area contributed by atoms with Gasteiger partial charge in [-0.3, -0.25) is 4.79 Å². The minimum absolute atomic E-state index is 0.100. The standard InChI is InChI=1S/C15H19N3O3/c1-15(2,3)21-14(20)18-5-4-10(9-18)12-6-11(7-16)13(19)17-8-12/h6,8,10H,4-5,9H2,1-3H3,(H,17,19). The first kappa shape index (κ1) is 15.1. The van der Waals surface area contributed by atoms with Crippen LogP contribution in [0.15, 0.2) is 17.1 Å². The van der Waals surface area contributed by atoms with Gasteiger partial charge < -0.3 is 14.6 Å². The highest BCUT2D eigenvalue weighted by Gasteiger charge is 2.30. The van der Waals surface area contributed by atoms with E-state index in [1.165, 1.54) is 0 Å². The van der Waals surface area contributed by atoms with Gasteiger partial charge in [-0.1, -0.05) is 0 Å². The molecule has 21 heavy (non-hydrogen) atoms. The monoisotopic (exact) mass is 289 g/mol. The van der Waals surface area contributed by atoms with Crippen molar-refractivity contribution in [1.29, 1.82) is 5.26 Å². The summed E-state index contributed by atoms with van der Waals surface area (Å²) in [5.41, 5.74) is 0.0740. The number of ether oxygens (including phenoxy) is 1. The molecule has 0 bridgehead atoms. The maximum atomic E-state index is 12.0. The van der Waals surface area contributed by atoms with Crippen molar-refractivity contribution in [3.63, 3.8) is 0 Å². The smallest absolute Gasteiger partial charge is 0.410 e. The highest BCUT2D eigenvalue weighted by molar-refractivity contribution is 5.68. The highest BCUT2D eigenvalue weighted by atomic mass is 16.6. The van der Waals surface area contributed by atoms with E-state index >= 15 is 0 Å². The van der Waals surface area contributed by atoms with Crippen molar-refractivity contribution in [2.75, 3.05) is 13.1 Å². The maximum Gasteiger partial charge on any atom is 0.410 e. The number of carbonyl (C=O) groups is 1. The van der Waals surface area contributed by atoms with Crippen LogP contribution in [0.4, 0.5) is 4.79 Å². The minimum atomic E-state index is -0.513. The fourth-order valence-electron chi connectivity index (χ4n) is 2.34. The Labute approximate surface area is 123 Å². The first-order chi connectivity index (χ1) is 9.80. The lowest BCUT2D eigenvalue weighted by Crippen LogP contribution is -2.35. The van der Waals surface area contributed by atoms with Gasteiger partial charge in [0, 0.05) is 25.2 Å². The van der Waals surface area contributed by atoms with Crippen LogP contribution in [0.2, 0.25) is 0 Å². The Balaban J connectivity index is 2.08. The Bertz CT molecular complexity index is 637. The molecular weight excluding hydrogens is 270 g/mol. The average molecular weight is 289 g/mol. The molecule has 1 fully saturated rings. The van der Waals surface area contributed by atoms with Crippen molar-refractivity contribution < 1.29 is 9.53 Å². The van der Waals surface area contributed by atoms with E-state index in [9.17, 15) is 9.59 Å². The quantitative estimate of drug-likeness (QED) is 0.856. The van der Waals surface area contributed by atoms with Crippen LogP contribution in [0.3, 0.4) is 0 Å². The molecule has 1 saturated heterocycles. The van der Waals surface area contributed by atoms with Gasteiger partial charge in [-0.05, 0) is 38.8 Å². The molecule has 1 amide bonds. The molecule has 6 nitrogen and oxygen atoms in total. The molecule has 112 valence electrons. The molecule has 1 aliphatic heterocycles. The van der Waals surface area contributed by atoms with Gasteiger partial charge in [0.05, 0.1) is 0 Å². The number of H-pyrrole nitrogens is 1. The lowest BCUT2D eigenvalue weighted by Gasteiger charge is -2.24. The molecule has 0 spiro atoms. The molecule has 1 atom stereocenters. The van der Waals surface area contributed by atoms with E-state index in [0.29, 0.717) is 13.1 Å². The fraction of sp³-hybridized carbons (Fsp3) is 0.533. The summed E-state index contributed by atoms with van der Waals surface area (Å²) in [6, 6.07) is 3.47. The van der Waals surface area contributed by atoms with Gasteiger partial charge in [0.25, 0.3) is 5.56 Å². The van der Waals surface area contributed by atoms with Crippen molar-refractivity contribution in [3.05, 3.63) is 33.7 Å². The van der Waals surface area contributed by atoms with Crippen LogP contribution < -0.4 is 5.56 Å². The number of nitrogens with one attached hydrogen (secondary N) is 1. The number of aromatic amines is 1. The van der Waals surface area contributed by atoms with Crippen LogP contribution in [-0.4, -0.2) is 34.7 Å². The number of amides is 1. The molecule has 1 aromatic rings. The SMILES string of the molecule is CC(C)(C)OC(=O)N1CCC(c2c[nH]c(=O)c(C#N)c2)C1. The fourth-order valence-corrected chi connectivity index (χ4v) is 2.34. The van der Waals surface area contributed by atoms with Crippen molar-refractivity contribution in [2.45, 2.75) is 38.7 Å². The molecule has 2 heterocycles. The predicted octanol–water partition coefficient (Wildman–Crippen LogP) is 1.97. The normalized spacial score (nSPS) is 18.4. The van der Waals surface area contributed by atoms with Gasteiger partial charge in [0.2, 0.25) is 0 Å². The second-order valence-electron chi connectivity index (χ2n) is 6.20. The first-order valence-corrected chi connectivity index (χ1v) is 6.91. The minimum Gasteiger partial charge on any atom is -0.444 e. The summed E-state index contributed by atoms with van der Waals surface area (Å²) in [5, 5.41) is 8.90. The van der Waals surface area contributed by atoms with Gasteiger partial charge >= 0.3 is 6.09 Å². The number of nitrogens with zero attached hydrogens (tertiary/aromatic N) is 2. The van der Waals surface area contributed by atoms with Gasteiger partial charge in [0.15, 0.2) is 0 Å². The summed E-state index contributed by atoms with van der Waals surface area (Å²) in [6.45, 7) is 6.64. The molecule has 0 saturated carbocycles. The number of pyridine rings is 1. The molecule has 0 radical (unpaired) electrons. The molecule has 2 rings (SSSR count). The molecule has 1 aliphatic rings. The lowest BCUT2D eigenvalue weighted by molar-refractivity contribution is 0.0292. The zero-order valence-corrected chi connectivity index (χ0v) is 12.5. The Hall–Kier alpha value is -2.29. The van der Waals surface area contributed by atoms with E-state index in [4.69, 9.17) is 10.00 Å². The summed E-state index contributed by atoms with van der Waals surface area (Å²) in [4.78, 5) is 27.6. The Morgan fingerprint density at radius 1 is 1.52 bits per heavy atom. The van der Waals surface area contributed by atoms with Gasteiger partial charge in [-0.25, -0.2) is 4.79 Å². The van der Waals surface area contributed by atoms with E-state index in [2.05, 4.69) is 4.98 Å². The van der Waals surface area contributed by atoms with E-state index < -0.39 is 5.60 Å². The zero-order valence-electron chi connectivity index (χ0n) is 12.5. The topological polar surface area (TPSA) is 86.2 Å². The second-order valence-corrected chi connectivity index (χ2v) is 6.20. The zero-order chi connectivity index (χ0) is 15.6. The Morgan fingerprint density at radius 3 is 2.86 bits per heavy atom. The van der Waals surface area contributed by atoms with Crippen molar-refractivity contribution in [2.24, 2.45) is 0 Å². The van der Waals surface area contributed by atoms with Crippen molar-refractivity contribution in [3.8, 4) is 6.07 Å². The maximum absolute atomic E-state index is 12.0. The first-order valence-electron chi connectivity index (χ1n) is 6.91. The third kappa shape index (κ3) is 3.63. The summed E-state index contributed by atoms with van der Waals surface area (Å²) in [7, 11) is 0. The van der Waals surface area contributed by atoms with E-state index in [0.717, 1.165) is 12.0 Å². The number of carbonyl (C=O) groups excluding carboxylic acids is 1. The summed E-state index contributed by atoms with van der Waals surface area (Å²) in [5.74, 6) is 0.112. The van der Waals surface area contributed by atoms with Crippen molar-refractivity contribution in [1.82, 2.24) is 9.88 Å². The van der Waals surface area contributed by atoms with Gasteiger partial charge in [0.1, 0.15) is 17.2 Å². The Morgan fingerprint density at radius 2 is 2.24 bits per heavy atom. The molecular formula is C15H19N3O3. The molecule has 0 aromatic carbocycles. The molecule has 1 N–H and O–H groups in total. The van der Waals surface area contributed by atoms with Crippen LogP contribution in [0, 0.1) is 11.3 Å². The van der Waals surface area contributed by atoms with Crippen LogP contribution in [-0.2, 0) is 4.74 Å². The third-order valence-electron chi connectivity index (χ3n) is 3.36. The number of likely N-dealkylation sites (tertiary alicyclic amines) is 1. The van der Waals surface area contributed by atoms with Crippen LogP contribution >= 0.6 is 0 Å². The van der Waals surface area contributed by atoms with E-state index in [-0.39, 0.29) is 23.1 Å². The Kier molecular flexibility index (Phi) is 4.03. The predicted molar refractivity (Wildman–Crippen MR) is 76.9 cm³/mol. The summed E-state index contributed by atoms with van der Waals surface area (Å²) >= 11 is 0. The number of rotatable bonds is 1. The van der Waals surface area contributed by atoms with E-state index in [1.807, 2.05) is 26.8 Å². The second kappa shape index (κ2) is 5.60. The largest absolute Gasteiger partial charge is 0.444 e. The van der Waals surface area contributed by atoms with Gasteiger partial charge in [-0.2, -0.15) is 5.26 Å².